The molecule has 11 nitrogen and oxygen atoms in total. The molecule has 0 saturated carbocycles. The zero-order valence-corrected chi connectivity index (χ0v) is 21.6. The summed E-state index contributed by atoms with van der Waals surface area (Å²) in [6, 6.07) is 1.43. The van der Waals surface area contributed by atoms with E-state index in [1.54, 1.807) is 0 Å². The van der Waals surface area contributed by atoms with Crippen LogP contribution >= 0.6 is 0 Å². The number of piperidine rings is 1. The molecule has 0 unspecified atom stereocenters. The molecule has 1 aromatic carbocycles. The average molecular weight is 577 g/mol. The van der Waals surface area contributed by atoms with Gasteiger partial charge in [0.25, 0.3) is 5.92 Å². The van der Waals surface area contributed by atoms with E-state index in [-0.39, 0.29) is 52.8 Å². The summed E-state index contributed by atoms with van der Waals surface area (Å²) >= 11 is 0. The van der Waals surface area contributed by atoms with E-state index in [0.29, 0.717) is 4.31 Å². The average Bonchev–Trinajstić information content (AvgIpc) is 3.22. The Morgan fingerprint density at radius 2 is 2.03 bits per heavy atom. The zero-order chi connectivity index (χ0) is 28.5. The summed E-state index contributed by atoms with van der Waals surface area (Å²) in [5.41, 5.74) is 7.65. The lowest BCUT2D eigenvalue weighted by atomic mass is 10.0. The van der Waals surface area contributed by atoms with Crippen LogP contribution in [0, 0.1) is 11.3 Å². The largest absolute Gasteiger partial charge is 0.479 e. The van der Waals surface area contributed by atoms with Crippen molar-refractivity contribution < 1.29 is 35.1 Å². The summed E-state index contributed by atoms with van der Waals surface area (Å²) in [6.45, 7) is -3.23. The van der Waals surface area contributed by atoms with E-state index in [0.717, 1.165) is 17.0 Å². The number of alkyl halides is 4. The Morgan fingerprint density at radius 3 is 2.62 bits per heavy atom. The van der Waals surface area contributed by atoms with Crippen molar-refractivity contribution in [2.24, 2.45) is 5.11 Å². The Hall–Kier alpha value is -3.60. The topological polar surface area (TPSA) is 137 Å². The number of hydrogen-bond acceptors (Lipinski definition) is 9. The molecule has 3 heterocycles. The van der Waals surface area contributed by atoms with Gasteiger partial charge in [0.05, 0.1) is 49.4 Å². The minimum atomic E-state index is -3.81. The third-order valence-electron chi connectivity index (χ3n) is 6.22. The Labute approximate surface area is 219 Å². The second-order valence-electron chi connectivity index (χ2n) is 8.93. The number of halogens is 5. The van der Waals surface area contributed by atoms with Gasteiger partial charge in [0.1, 0.15) is 24.6 Å². The Morgan fingerprint density at radius 1 is 1.31 bits per heavy atom. The first kappa shape index (κ1) is 28.4. The Kier molecular flexibility index (Phi) is 7.92. The smallest absolute Gasteiger partial charge is 0.281 e. The van der Waals surface area contributed by atoms with Crippen LogP contribution in [0.1, 0.15) is 6.42 Å². The van der Waals surface area contributed by atoms with Gasteiger partial charge in [-0.3, -0.25) is 0 Å². The second-order valence-corrected chi connectivity index (χ2v) is 10.9. The van der Waals surface area contributed by atoms with Crippen LogP contribution in [0.5, 0.6) is 5.88 Å². The van der Waals surface area contributed by atoms with E-state index >= 15 is 4.39 Å². The third-order valence-corrected chi connectivity index (χ3v) is 7.47. The summed E-state index contributed by atoms with van der Waals surface area (Å²) in [5.74, 6) is -4.72. The van der Waals surface area contributed by atoms with Crippen molar-refractivity contribution in [3.63, 3.8) is 0 Å². The zero-order valence-electron chi connectivity index (χ0n) is 20.8. The summed E-state index contributed by atoms with van der Waals surface area (Å²) in [4.78, 5) is 4.12. The normalized spacial score (nSPS) is 17.9. The number of ether oxygens (including phenoxy) is 1. The summed E-state index contributed by atoms with van der Waals surface area (Å²) in [6.07, 6.45) is 1.59. The van der Waals surface area contributed by atoms with E-state index in [9.17, 15) is 26.0 Å². The molecule has 0 radical (unpaired) electrons. The number of sulfonamides is 1. The summed E-state index contributed by atoms with van der Waals surface area (Å²) in [5, 5.41) is 12.5. The SMILES string of the molecule is COc1nc(N[C@@H]2CCN(S(C)(=O)=O)CC2(F)F)nn2cc(F)c(-c3ccc(N=N)c(NC(CF)CF)c3)c12. The van der Waals surface area contributed by atoms with E-state index in [1.807, 2.05) is 0 Å². The van der Waals surface area contributed by atoms with Crippen molar-refractivity contribution in [1.29, 1.82) is 5.53 Å². The van der Waals surface area contributed by atoms with Crippen LogP contribution in [0.3, 0.4) is 0 Å². The number of benzene rings is 1. The van der Waals surface area contributed by atoms with Gasteiger partial charge in [-0.15, -0.1) is 5.10 Å². The molecule has 1 aliphatic heterocycles. The van der Waals surface area contributed by atoms with Crippen LogP contribution in [0.25, 0.3) is 16.6 Å². The second kappa shape index (κ2) is 10.9. The Bertz CT molecular complexity index is 1480. The van der Waals surface area contributed by atoms with Crippen LogP contribution in [0.4, 0.5) is 39.3 Å². The maximum absolute atomic E-state index is 15.2. The van der Waals surface area contributed by atoms with Gasteiger partial charge in [-0.2, -0.15) is 14.4 Å². The van der Waals surface area contributed by atoms with Crippen LogP contribution in [0.2, 0.25) is 0 Å². The van der Waals surface area contributed by atoms with Gasteiger partial charge in [0.15, 0.2) is 5.82 Å². The van der Waals surface area contributed by atoms with Crippen molar-refractivity contribution in [1.82, 2.24) is 18.9 Å². The number of nitrogens with zero attached hydrogens (tertiary/aromatic N) is 5. The molecule has 3 aromatic rings. The van der Waals surface area contributed by atoms with Crippen molar-refractivity contribution in [2.45, 2.75) is 24.4 Å². The molecule has 0 amide bonds. The van der Waals surface area contributed by atoms with E-state index in [1.165, 1.54) is 25.3 Å². The number of aromatic nitrogens is 3. The minimum absolute atomic E-state index is 0.0354. The molecular weight excluding hydrogens is 551 g/mol. The van der Waals surface area contributed by atoms with Crippen LogP contribution in [0.15, 0.2) is 29.5 Å². The van der Waals surface area contributed by atoms with Gasteiger partial charge in [0, 0.05) is 6.54 Å². The number of nitrogens with one attached hydrogen (secondary N) is 3. The summed E-state index contributed by atoms with van der Waals surface area (Å²) in [7, 11) is -2.57. The molecule has 0 spiro atoms. The predicted molar refractivity (Wildman–Crippen MR) is 132 cm³/mol. The summed E-state index contributed by atoms with van der Waals surface area (Å²) < 4.78 is 101. The maximum Gasteiger partial charge on any atom is 0.281 e. The van der Waals surface area contributed by atoms with E-state index in [4.69, 9.17) is 10.3 Å². The lowest BCUT2D eigenvalue weighted by Gasteiger charge is -2.37. The highest BCUT2D eigenvalue weighted by atomic mass is 32.2. The predicted octanol–water partition coefficient (Wildman–Crippen LogP) is 4.01. The van der Waals surface area contributed by atoms with Gasteiger partial charge < -0.3 is 15.4 Å². The molecule has 0 aliphatic carbocycles. The molecule has 1 aliphatic rings. The van der Waals surface area contributed by atoms with Crippen LogP contribution in [-0.2, 0) is 10.0 Å². The van der Waals surface area contributed by atoms with Gasteiger partial charge >= 0.3 is 0 Å². The fourth-order valence-corrected chi connectivity index (χ4v) is 5.11. The molecule has 0 bridgehead atoms. The third kappa shape index (κ3) is 5.73. The van der Waals surface area contributed by atoms with Gasteiger partial charge in [0.2, 0.25) is 21.9 Å². The highest BCUT2D eigenvalue weighted by Gasteiger charge is 2.47. The molecule has 1 atom stereocenters. The first-order valence-electron chi connectivity index (χ1n) is 11.5. The van der Waals surface area contributed by atoms with E-state index < -0.39 is 53.7 Å². The quantitative estimate of drug-likeness (QED) is 0.245. The molecule has 212 valence electrons. The molecule has 3 N–H and O–H groups in total. The molecule has 2 aromatic heterocycles. The molecule has 39 heavy (non-hydrogen) atoms. The number of fused-ring (bicyclic) bond motifs is 1. The number of rotatable bonds is 10. The first-order chi connectivity index (χ1) is 18.4. The molecule has 17 heteroatoms. The fraction of sp³-hybridized carbons (Fsp3) is 0.455. The van der Waals surface area contributed by atoms with Gasteiger partial charge in [-0.05, 0) is 24.1 Å². The molecule has 1 fully saturated rings. The fourth-order valence-electron chi connectivity index (χ4n) is 4.27. The standard InChI is InChI=1S/C22H25F5N8O3S/c1-38-20-19-18(12-3-4-15(32-28)16(7-12)29-13(8-23)9-24)14(25)10-35(19)33-21(31-20)30-17-5-6-34(39(2,36)37)11-22(17,26)27/h3-4,7,10,13,17,28-29H,5-6,8-9,11H2,1-2H3,(H,30,33)/t17-/m1/s1. The number of hydrogen-bond donors (Lipinski definition) is 3. The van der Waals surface area contributed by atoms with Gasteiger partial charge in [-0.1, -0.05) is 6.07 Å². The lowest BCUT2D eigenvalue weighted by Crippen LogP contribution is -2.55. The van der Waals surface area contributed by atoms with Crippen molar-refractivity contribution >= 4 is 32.9 Å². The van der Waals surface area contributed by atoms with Gasteiger partial charge in [-0.25, -0.2) is 40.4 Å². The highest BCUT2D eigenvalue weighted by molar-refractivity contribution is 7.88. The van der Waals surface area contributed by atoms with Crippen LogP contribution in [-0.4, -0.2) is 85.1 Å². The highest BCUT2D eigenvalue weighted by Crippen LogP contribution is 2.38. The van der Waals surface area contributed by atoms with Crippen molar-refractivity contribution in [3.8, 4) is 17.0 Å². The van der Waals surface area contributed by atoms with E-state index in [2.05, 4.69) is 25.8 Å². The monoisotopic (exact) mass is 576 g/mol. The maximum atomic E-state index is 15.2. The van der Waals surface area contributed by atoms with Crippen molar-refractivity contribution in [3.05, 3.63) is 30.2 Å². The molecule has 1 saturated heterocycles. The first-order valence-corrected chi connectivity index (χ1v) is 13.4. The number of methoxy groups -OCH3 is 1. The minimum Gasteiger partial charge on any atom is -0.479 e. The number of anilines is 2. The lowest BCUT2D eigenvalue weighted by molar-refractivity contribution is -0.0541. The Balaban J connectivity index is 1.71. The molecular formula is C22H25F5N8O3S. The van der Waals surface area contributed by atoms with Crippen LogP contribution < -0.4 is 15.4 Å². The molecule has 4 rings (SSSR count). The van der Waals surface area contributed by atoms with Crippen molar-refractivity contribution in [2.75, 3.05) is 50.4 Å².